The first-order chi connectivity index (χ1) is 14.4. The Kier molecular flexibility index (Phi) is 4.97. The Morgan fingerprint density at radius 1 is 1.13 bits per heavy atom. The van der Waals surface area contributed by atoms with E-state index < -0.39 is 11.8 Å². The van der Waals surface area contributed by atoms with E-state index in [0.29, 0.717) is 11.3 Å². The normalized spacial score (nSPS) is 10.9. The number of hydrogen-bond donors (Lipinski definition) is 2. The highest BCUT2D eigenvalue weighted by Crippen LogP contribution is 2.21. The summed E-state index contributed by atoms with van der Waals surface area (Å²) in [6.45, 7) is 1.87. The van der Waals surface area contributed by atoms with Crippen LogP contribution in [0.1, 0.15) is 32.1 Å². The molecule has 2 aromatic heterocycles. The number of carbonyl (C=O) groups excluding carboxylic acids is 2. The number of hydrogen-bond acceptors (Lipinski definition) is 4. The van der Waals surface area contributed by atoms with Gasteiger partial charge < -0.3 is 11.1 Å². The fourth-order valence-corrected chi connectivity index (χ4v) is 3.17. The number of primary amides is 1. The van der Waals surface area contributed by atoms with Crippen molar-refractivity contribution in [2.75, 3.05) is 0 Å². The average molecular weight is 403 g/mol. The maximum atomic E-state index is 13.5. The molecule has 0 atom stereocenters. The third-order valence-electron chi connectivity index (χ3n) is 4.71. The van der Waals surface area contributed by atoms with Crippen LogP contribution in [0.2, 0.25) is 0 Å². The molecule has 0 aliphatic rings. The summed E-state index contributed by atoms with van der Waals surface area (Å²) in [7, 11) is 0. The Morgan fingerprint density at radius 2 is 1.90 bits per heavy atom. The highest BCUT2D eigenvalue weighted by Gasteiger charge is 2.19. The number of amides is 2. The van der Waals surface area contributed by atoms with E-state index in [0.717, 1.165) is 11.1 Å². The zero-order chi connectivity index (χ0) is 21.3. The van der Waals surface area contributed by atoms with E-state index in [4.69, 9.17) is 5.73 Å². The van der Waals surface area contributed by atoms with Gasteiger partial charge in [-0.1, -0.05) is 42.5 Å². The van der Waals surface area contributed by atoms with E-state index in [-0.39, 0.29) is 29.4 Å². The van der Waals surface area contributed by atoms with Crippen molar-refractivity contribution >= 4 is 17.5 Å². The summed E-state index contributed by atoms with van der Waals surface area (Å²) in [6.07, 6.45) is 1.34. The molecule has 150 valence electrons. The molecule has 0 radical (unpaired) electrons. The maximum absolute atomic E-state index is 13.5. The lowest BCUT2D eigenvalue weighted by atomic mass is 10.1. The molecular weight excluding hydrogens is 385 g/mol. The van der Waals surface area contributed by atoms with Crippen LogP contribution in [0, 0.1) is 12.7 Å². The van der Waals surface area contributed by atoms with Crippen LogP contribution in [-0.4, -0.2) is 26.2 Å². The largest absolute Gasteiger partial charge is 0.364 e. The number of nitrogens with one attached hydrogen (secondary N) is 1. The molecule has 0 fully saturated rings. The summed E-state index contributed by atoms with van der Waals surface area (Å²) in [4.78, 5) is 33.2. The summed E-state index contributed by atoms with van der Waals surface area (Å²) in [5.74, 6) is -1.43. The number of carbonyl (C=O) groups is 2. The Labute approximate surface area is 171 Å². The molecular formula is C22H18FN5O2. The van der Waals surface area contributed by atoms with Crippen LogP contribution < -0.4 is 11.1 Å². The van der Waals surface area contributed by atoms with E-state index in [1.165, 1.54) is 16.8 Å². The Bertz CT molecular complexity index is 1270. The van der Waals surface area contributed by atoms with Gasteiger partial charge in [0.25, 0.3) is 11.8 Å². The van der Waals surface area contributed by atoms with Gasteiger partial charge in [-0.15, -0.1) is 0 Å². The molecule has 2 aromatic carbocycles. The van der Waals surface area contributed by atoms with Crippen LogP contribution in [0.4, 0.5) is 4.39 Å². The zero-order valence-electron chi connectivity index (χ0n) is 16.1. The van der Waals surface area contributed by atoms with Crippen molar-refractivity contribution in [3.8, 4) is 11.3 Å². The number of rotatable bonds is 5. The molecule has 0 saturated carbocycles. The molecule has 8 heteroatoms. The lowest BCUT2D eigenvalue weighted by molar-refractivity contribution is 0.0942. The molecule has 2 amide bonds. The van der Waals surface area contributed by atoms with Gasteiger partial charge in [0.15, 0.2) is 11.3 Å². The monoisotopic (exact) mass is 403 g/mol. The van der Waals surface area contributed by atoms with Crippen LogP contribution in [0.15, 0.2) is 60.9 Å². The van der Waals surface area contributed by atoms with Crippen molar-refractivity contribution in [2.45, 2.75) is 13.5 Å². The molecule has 0 spiro atoms. The summed E-state index contributed by atoms with van der Waals surface area (Å²) < 4.78 is 14.9. The Hall–Kier alpha value is -4.07. The van der Waals surface area contributed by atoms with Crippen LogP contribution in [0.5, 0.6) is 0 Å². The lowest BCUT2D eigenvalue weighted by Gasteiger charge is -2.10. The maximum Gasteiger partial charge on any atom is 0.271 e. The second-order valence-electron chi connectivity index (χ2n) is 6.81. The molecule has 0 aliphatic carbocycles. The van der Waals surface area contributed by atoms with Crippen molar-refractivity contribution in [3.63, 3.8) is 0 Å². The number of fused-ring (bicyclic) bond motifs is 1. The molecule has 2 heterocycles. The van der Waals surface area contributed by atoms with Crippen molar-refractivity contribution in [1.82, 2.24) is 19.7 Å². The fraction of sp³-hybridized carbons (Fsp3) is 0.0909. The third kappa shape index (κ3) is 3.62. The summed E-state index contributed by atoms with van der Waals surface area (Å²) in [5, 5.41) is 2.82. The van der Waals surface area contributed by atoms with Crippen molar-refractivity contribution in [1.29, 1.82) is 0 Å². The number of aromatic nitrogens is 3. The van der Waals surface area contributed by atoms with Crippen molar-refractivity contribution in [2.24, 2.45) is 5.73 Å². The summed E-state index contributed by atoms with van der Waals surface area (Å²) in [5.41, 5.74) is 8.39. The van der Waals surface area contributed by atoms with Gasteiger partial charge in [0, 0.05) is 12.1 Å². The number of benzene rings is 2. The van der Waals surface area contributed by atoms with E-state index in [2.05, 4.69) is 15.3 Å². The minimum atomic E-state index is -0.733. The average Bonchev–Trinajstić information content (AvgIpc) is 3.18. The van der Waals surface area contributed by atoms with E-state index in [1.54, 1.807) is 25.1 Å². The van der Waals surface area contributed by atoms with Crippen molar-refractivity contribution < 1.29 is 14.0 Å². The number of imidazole rings is 1. The van der Waals surface area contributed by atoms with Crippen LogP contribution >= 0.6 is 0 Å². The van der Waals surface area contributed by atoms with Gasteiger partial charge in [-0.25, -0.2) is 14.4 Å². The minimum absolute atomic E-state index is 0.0176. The number of nitrogens with two attached hydrogens (primary N) is 1. The van der Waals surface area contributed by atoms with Crippen LogP contribution in [0.3, 0.4) is 0 Å². The zero-order valence-corrected chi connectivity index (χ0v) is 16.1. The van der Waals surface area contributed by atoms with Crippen LogP contribution in [0.25, 0.3) is 16.9 Å². The topological polar surface area (TPSA) is 102 Å². The molecule has 0 unspecified atom stereocenters. The molecule has 0 aliphatic heterocycles. The highest BCUT2D eigenvalue weighted by molar-refractivity contribution is 5.99. The van der Waals surface area contributed by atoms with Gasteiger partial charge in [0.05, 0.1) is 5.69 Å². The second kappa shape index (κ2) is 7.75. The first kappa shape index (κ1) is 19.3. The van der Waals surface area contributed by atoms with Gasteiger partial charge >= 0.3 is 0 Å². The molecule has 0 saturated heterocycles. The first-order valence-corrected chi connectivity index (χ1v) is 9.20. The van der Waals surface area contributed by atoms with Gasteiger partial charge in [-0.05, 0) is 30.2 Å². The highest BCUT2D eigenvalue weighted by atomic mass is 19.1. The second-order valence-corrected chi connectivity index (χ2v) is 6.81. The molecule has 3 N–H and O–H groups in total. The summed E-state index contributed by atoms with van der Waals surface area (Å²) in [6, 6.07) is 15.5. The van der Waals surface area contributed by atoms with Gasteiger partial charge in [-0.2, -0.15) is 0 Å². The molecule has 7 nitrogen and oxygen atoms in total. The van der Waals surface area contributed by atoms with E-state index in [1.807, 2.05) is 30.3 Å². The lowest BCUT2D eigenvalue weighted by Crippen LogP contribution is -2.25. The summed E-state index contributed by atoms with van der Waals surface area (Å²) >= 11 is 0. The fourth-order valence-electron chi connectivity index (χ4n) is 3.17. The van der Waals surface area contributed by atoms with E-state index in [9.17, 15) is 14.0 Å². The molecule has 0 bridgehead atoms. The Morgan fingerprint density at radius 3 is 2.60 bits per heavy atom. The standard InChI is InChI=1S/C22H18FN5O2/c1-13-9-14(7-8-16(13)23)11-25-22(30)18-10-17(15-5-3-2-4-6-15)27-21-19(20(24)29)26-12-28(18)21/h2-10,12H,11H2,1H3,(H2,24,29)(H,25,30). The van der Waals surface area contributed by atoms with Gasteiger partial charge in [0.1, 0.15) is 17.8 Å². The number of halogens is 1. The third-order valence-corrected chi connectivity index (χ3v) is 4.71. The molecule has 4 aromatic rings. The van der Waals surface area contributed by atoms with Crippen molar-refractivity contribution in [3.05, 3.63) is 89.3 Å². The predicted molar refractivity (Wildman–Crippen MR) is 109 cm³/mol. The minimum Gasteiger partial charge on any atom is -0.364 e. The molecule has 4 rings (SSSR count). The smallest absolute Gasteiger partial charge is 0.271 e. The first-order valence-electron chi connectivity index (χ1n) is 9.20. The molecule has 30 heavy (non-hydrogen) atoms. The van der Waals surface area contributed by atoms with E-state index >= 15 is 0 Å². The SMILES string of the molecule is Cc1cc(CNC(=O)c2cc(-c3ccccc3)nc3c(C(N)=O)ncn23)ccc1F. The quantitative estimate of drug-likeness (QED) is 0.535. The number of nitrogens with zero attached hydrogens (tertiary/aromatic N) is 3. The van der Waals surface area contributed by atoms with Gasteiger partial charge in [0.2, 0.25) is 0 Å². The van der Waals surface area contributed by atoms with Gasteiger partial charge in [-0.3, -0.25) is 14.0 Å². The Balaban J connectivity index is 1.73. The predicted octanol–water partition coefficient (Wildman–Crippen LogP) is 2.87. The number of aryl methyl sites for hydroxylation is 1. The van der Waals surface area contributed by atoms with Crippen LogP contribution in [-0.2, 0) is 6.54 Å².